The van der Waals surface area contributed by atoms with E-state index >= 15 is 0 Å². The number of nitrogens with one attached hydrogen (secondary N) is 1. The van der Waals surface area contributed by atoms with Crippen molar-refractivity contribution in [3.8, 4) is 11.1 Å². The third-order valence-corrected chi connectivity index (χ3v) is 8.02. The highest BCUT2D eigenvalue weighted by molar-refractivity contribution is 7.17. The van der Waals surface area contributed by atoms with Crippen molar-refractivity contribution in [2.45, 2.75) is 40.0 Å². The van der Waals surface area contributed by atoms with Crippen molar-refractivity contribution in [2.75, 3.05) is 12.4 Å². The minimum Gasteiger partial charge on any atom is -0.550 e. The van der Waals surface area contributed by atoms with Crippen molar-refractivity contribution >= 4 is 34.2 Å². The highest BCUT2D eigenvalue weighted by atomic mass is 32.1. The lowest BCUT2D eigenvalue weighted by Gasteiger charge is -2.30. The van der Waals surface area contributed by atoms with Crippen LogP contribution < -0.4 is 10.4 Å². The van der Waals surface area contributed by atoms with E-state index < -0.39 is 23.8 Å². The number of ether oxygens (including phenoxy) is 1. The van der Waals surface area contributed by atoms with Crippen LogP contribution in [0.2, 0.25) is 0 Å². The monoisotopic (exact) mass is 440 g/mol. The number of carboxylic acids is 1. The number of benzene rings is 1. The molecule has 2 bridgehead atoms. The van der Waals surface area contributed by atoms with E-state index in [0.29, 0.717) is 10.6 Å². The number of hydrogen-bond donors (Lipinski definition) is 1. The van der Waals surface area contributed by atoms with Crippen LogP contribution in [0.1, 0.15) is 45.6 Å². The molecule has 2 fully saturated rings. The van der Waals surface area contributed by atoms with Gasteiger partial charge in [0.15, 0.2) is 0 Å². The lowest BCUT2D eigenvalue weighted by atomic mass is 9.78. The maximum absolute atomic E-state index is 13.2. The van der Waals surface area contributed by atoms with Gasteiger partial charge < -0.3 is 20.0 Å². The van der Waals surface area contributed by atoms with E-state index in [-0.39, 0.29) is 17.7 Å². The van der Waals surface area contributed by atoms with Gasteiger partial charge in [-0.3, -0.25) is 4.79 Å². The average molecular weight is 441 g/mol. The van der Waals surface area contributed by atoms with E-state index in [4.69, 9.17) is 4.74 Å². The predicted molar refractivity (Wildman–Crippen MR) is 117 cm³/mol. The molecule has 0 unspecified atom stereocenters. The molecule has 1 heterocycles. The Morgan fingerprint density at radius 2 is 1.74 bits per heavy atom. The van der Waals surface area contributed by atoms with Gasteiger partial charge in [-0.25, -0.2) is 4.79 Å². The number of rotatable bonds is 5. The number of carboxylic acid groups (broad SMARTS) is 1. The normalized spacial score (nSPS) is 24.3. The van der Waals surface area contributed by atoms with Crippen LogP contribution in [0.3, 0.4) is 0 Å². The molecule has 6 nitrogen and oxygen atoms in total. The summed E-state index contributed by atoms with van der Waals surface area (Å²) >= 11 is 1.31. The molecule has 2 aliphatic rings. The first-order valence-corrected chi connectivity index (χ1v) is 11.4. The van der Waals surface area contributed by atoms with Gasteiger partial charge in [-0.05, 0) is 68.6 Å². The van der Waals surface area contributed by atoms with Gasteiger partial charge in [0, 0.05) is 28.2 Å². The molecule has 2 aliphatic carbocycles. The zero-order valence-corrected chi connectivity index (χ0v) is 18.9. The molecule has 0 spiro atoms. The summed E-state index contributed by atoms with van der Waals surface area (Å²) in [5, 5.41) is 15.0. The molecule has 1 aromatic heterocycles. The minimum absolute atomic E-state index is 0.00185. The molecule has 0 radical (unpaired) electrons. The van der Waals surface area contributed by atoms with Crippen LogP contribution >= 0.6 is 11.3 Å². The number of carbonyl (C=O) groups excluding carboxylic acids is 3. The number of hydrogen-bond acceptors (Lipinski definition) is 6. The molecule has 2 aromatic rings. The van der Waals surface area contributed by atoms with Crippen LogP contribution in [-0.2, 0) is 14.3 Å². The lowest BCUT2D eigenvalue weighted by molar-refractivity contribution is -0.314. The zero-order chi connectivity index (χ0) is 22.4. The second kappa shape index (κ2) is 8.11. The van der Waals surface area contributed by atoms with Crippen molar-refractivity contribution in [2.24, 2.45) is 23.7 Å². The number of amides is 1. The summed E-state index contributed by atoms with van der Waals surface area (Å²) in [6, 6.07) is 5.97. The highest BCUT2D eigenvalue weighted by Gasteiger charge is 2.51. The molecular weight excluding hydrogens is 414 g/mol. The Bertz CT molecular complexity index is 1070. The van der Waals surface area contributed by atoms with Crippen molar-refractivity contribution in [1.29, 1.82) is 0 Å². The second-order valence-corrected chi connectivity index (χ2v) is 9.95. The number of anilines is 1. The first kappa shape index (κ1) is 21.6. The molecule has 1 N–H and O–H groups in total. The van der Waals surface area contributed by atoms with Crippen LogP contribution in [0.15, 0.2) is 18.2 Å². The summed E-state index contributed by atoms with van der Waals surface area (Å²) in [5.41, 5.74) is 4.18. The molecule has 0 saturated heterocycles. The highest BCUT2D eigenvalue weighted by Crippen LogP contribution is 2.52. The van der Waals surface area contributed by atoms with Gasteiger partial charge in [0.1, 0.15) is 10.6 Å². The summed E-state index contributed by atoms with van der Waals surface area (Å²) in [6.45, 7) is 5.94. The molecule has 1 amide bonds. The summed E-state index contributed by atoms with van der Waals surface area (Å²) in [5.74, 6) is -3.37. The molecule has 0 aliphatic heterocycles. The minimum atomic E-state index is -1.15. The molecule has 2 saturated carbocycles. The van der Waals surface area contributed by atoms with E-state index in [9.17, 15) is 19.5 Å². The zero-order valence-electron chi connectivity index (χ0n) is 18.1. The Kier molecular flexibility index (Phi) is 5.64. The third kappa shape index (κ3) is 3.65. The van der Waals surface area contributed by atoms with Gasteiger partial charge in [-0.2, -0.15) is 0 Å². The van der Waals surface area contributed by atoms with Gasteiger partial charge in [0.25, 0.3) is 0 Å². The Morgan fingerprint density at radius 1 is 1.06 bits per heavy atom. The van der Waals surface area contributed by atoms with Crippen LogP contribution in [0, 0.1) is 44.4 Å². The Hall–Kier alpha value is -2.67. The lowest BCUT2D eigenvalue weighted by Crippen LogP contribution is -2.44. The molecule has 4 rings (SSSR count). The average Bonchev–Trinajstić information content (AvgIpc) is 3.42. The van der Waals surface area contributed by atoms with E-state index in [0.717, 1.165) is 46.4 Å². The third-order valence-electron chi connectivity index (χ3n) is 7.00. The number of carbonyl (C=O) groups is 3. The van der Waals surface area contributed by atoms with Crippen LogP contribution in [0.25, 0.3) is 11.1 Å². The summed E-state index contributed by atoms with van der Waals surface area (Å²) in [7, 11) is 1.31. The molecule has 7 heteroatoms. The van der Waals surface area contributed by atoms with Gasteiger partial charge >= 0.3 is 5.97 Å². The topological polar surface area (TPSA) is 95.5 Å². The predicted octanol–water partition coefficient (Wildman–Crippen LogP) is 3.48. The van der Waals surface area contributed by atoms with Crippen molar-refractivity contribution < 1.29 is 24.2 Å². The van der Waals surface area contributed by atoms with E-state index in [1.165, 1.54) is 18.4 Å². The molecule has 1 aromatic carbocycles. The Labute approximate surface area is 185 Å². The van der Waals surface area contributed by atoms with E-state index in [2.05, 4.69) is 5.32 Å². The Balaban J connectivity index is 1.72. The first-order valence-electron chi connectivity index (χ1n) is 10.5. The first-order chi connectivity index (χ1) is 14.7. The van der Waals surface area contributed by atoms with Gasteiger partial charge in [-0.15, -0.1) is 11.3 Å². The van der Waals surface area contributed by atoms with Crippen molar-refractivity contribution in [3.63, 3.8) is 0 Å². The SMILES string of the molecule is COC(=O)c1c(NC(=O)[C@H]2[C@@H]3CC[C@H](C3)[C@@H]2C(=O)[O-])sc(C)c1-c1ccc(C)c(C)c1. The molecular formula is C24H26NO5S-. The maximum Gasteiger partial charge on any atom is 0.341 e. The fraction of sp³-hybridized carbons (Fsp3) is 0.458. The number of fused-ring (bicyclic) bond motifs is 2. The quantitative estimate of drug-likeness (QED) is 0.718. The van der Waals surface area contributed by atoms with E-state index in [1.807, 2.05) is 39.0 Å². The molecule has 164 valence electrons. The number of aliphatic carboxylic acids is 1. The van der Waals surface area contributed by atoms with Crippen LogP contribution in [0.4, 0.5) is 5.00 Å². The van der Waals surface area contributed by atoms with Crippen molar-refractivity contribution in [3.05, 3.63) is 39.8 Å². The van der Waals surface area contributed by atoms with E-state index in [1.54, 1.807) is 0 Å². The number of thiophene rings is 1. The van der Waals surface area contributed by atoms with Gasteiger partial charge in [-0.1, -0.05) is 18.2 Å². The van der Waals surface area contributed by atoms with Crippen LogP contribution in [-0.4, -0.2) is 25.0 Å². The largest absolute Gasteiger partial charge is 0.550 e. The Morgan fingerprint density at radius 3 is 2.35 bits per heavy atom. The number of aryl methyl sites for hydroxylation is 3. The number of esters is 1. The van der Waals surface area contributed by atoms with Gasteiger partial charge in [0.2, 0.25) is 5.91 Å². The maximum atomic E-state index is 13.2. The smallest absolute Gasteiger partial charge is 0.341 e. The second-order valence-electron chi connectivity index (χ2n) is 8.72. The summed E-state index contributed by atoms with van der Waals surface area (Å²) in [6.07, 6.45) is 2.43. The fourth-order valence-corrected chi connectivity index (χ4v) is 6.44. The summed E-state index contributed by atoms with van der Waals surface area (Å²) < 4.78 is 5.03. The molecule has 4 atom stereocenters. The molecule has 31 heavy (non-hydrogen) atoms. The van der Waals surface area contributed by atoms with Crippen molar-refractivity contribution in [1.82, 2.24) is 0 Å². The van der Waals surface area contributed by atoms with Gasteiger partial charge in [0.05, 0.1) is 7.11 Å². The van der Waals surface area contributed by atoms with Crippen LogP contribution in [0.5, 0.6) is 0 Å². The number of methoxy groups -OCH3 is 1. The standard InChI is InChI=1S/C24H27NO5S/c1-11-5-6-14(9-12(11)2)17-13(3)31-22(20(17)24(29)30-4)25-21(26)18-15-7-8-16(10-15)19(18)23(27)28/h5-6,9,15-16,18-19H,7-8,10H2,1-4H3,(H,25,26)(H,27,28)/p-1/t15-,16-,18+,19+/m1/s1. The fourth-order valence-electron chi connectivity index (χ4n) is 5.38. The summed E-state index contributed by atoms with van der Waals surface area (Å²) in [4.78, 5) is 38.5.